The smallest absolute Gasteiger partial charge is 0.348 e. The van der Waals surface area contributed by atoms with Gasteiger partial charge in [0.25, 0.3) is 0 Å². The van der Waals surface area contributed by atoms with E-state index in [0.29, 0.717) is 49.8 Å². The molecule has 10 heteroatoms. The average molecular weight is 561 g/mol. The lowest BCUT2D eigenvalue weighted by Gasteiger charge is -2.20. The fourth-order valence-electron chi connectivity index (χ4n) is 3.66. The normalized spacial score (nSPS) is 11.6. The minimum atomic E-state index is -0.730. The number of carbonyl (C=O) groups excluding carboxylic acids is 1. The standard InChI is InChI=1S/C27H23Cl2FN2O4S/c1-34-23-9-7-16(11-25(23)35-2)24(12-18-19(28)14-31-15-20(18)29)36-27(33)26-10-8-17(37-26)13-32-22-6-4-3-5-21(22)30/h3-11,14-15,24,32H,12-13H2,1-2H3/t24-/m0/s1. The van der Waals surface area contributed by atoms with E-state index in [-0.39, 0.29) is 12.2 Å². The summed E-state index contributed by atoms with van der Waals surface area (Å²) in [4.78, 5) is 18.4. The molecule has 0 aliphatic heterocycles. The Morgan fingerprint density at radius 3 is 2.46 bits per heavy atom. The van der Waals surface area contributed by atoms with Crippen LogP contribution in [0.5, 0.6) is 11.5 Å². The van der Waals surface area contributed by atoms with E-state index in [2.05, 4.69) is 10.3 Å². The van der Waals surface area contributed by atoms with Crippen LogP contribution in [0.15, 0.2) is 67.0 Å². The van der Waals surface area contributed by atoms with Crippen LogP contribution in [0.4, 0.5) is 10.1 Å². The first-order valence-electron chi connectivity index (χ1n) is 11.2. The van der Waals surface area contributed by atoms with Crippen LogP contribution in [-0.2, 0) is 17.7 Å². The van der Waals surface area contributed by atoms with Gasteiger partial charge in [0.1, 0.15) is 16.8 Å². The predicted molar refractivity (Wildman–Crippen MR) is 144 cm³/mol. The number of halogens is 3. The van der Waals surface area contributed by atoms with Gasteiger partial charge in [0, 0.05) is 30.2 Å². The van der Waals surface area contributed by atoms with Crippen LogP contribution in [0.25, 0.3) is 0 Å². The van der Waals surface area contributed by atoms with Crippen molar-refractivity contribution in [2.24, 2.45) is 0 Å². The molecule has 0 aliphatic carbocycles. The summed E-state index contributed by atoms with van der Waals surface area (Å²) < 4.78 is 30.6. The monoisotopic (exact) mass is 560 g/mol. The van der Waals surface area contributed by atoms with Crippen LogP contribution in [-0.4, -0.2) is 25.2 Å². The average Bonchev–Trinajstić information content (AvgIpc) is 3.38. The molecule has 1 atom stereocenters. The molecule has 0 saturated carbocycles. The molecule has 192 valence electrons. The fraction of sp³-hybridized carbons (Fsp3) is 0.185. The summed E-state index contributed by atoms with van der Waals surface area (Å²) in [5.41, 5.74) is 1.67. The number of nitrogens with zero attached hydrogens (tertiary/aromatic N) is 1. The van der Waals surface area contributed by atoms with Crippen LogP contribution in [0.1, 0.15) is 31.8 Å². The zero-order valence-corrected chi connectivity index (χ0v) is 22.3. The molecule has 4 aromatic rings. The van der Waals surface area contributed by atoms with E-state index in [1.54, 1.807) is 55.6 Å². The minimum Gasteiger partial charge on any atom is -0.493 e. The van der Waals surface area contributed by atoms with Gasteiger partial charge in [0.2, 0.25) is 0 Å². The zero-order chi connectivity index (χ0) is 26.4. The van der Waals surface area contributed by atoms with Crippen molar-refractivity contribution >= 4 is 46.2 Å². The van der Waals surface area contributed by atoms with Crippen molar-refractivity contribution in [3.8, 4) is 11.5 Å². The first-order chi connectivity index (χ1) is 17.9. The van der Waals surface area contributed by atoms with Gasteiger partial charge in [-0.25, -0.2) is 9.18 Å². The van der Waals surface area contributed by atoms with E-state index in [1.807, 2.05) is 0 Å². The fourth-order valence-corrected chi connectivity index (χ4v) is 5.01. The molecular formula is C27H23Cl2FN2O4S. The number of thiophene rings is 1. The van der Waals surface area contributed by atoms with Gasteiger partial charge in [0.15, 0.2) is 11.5 Å². The maximum atomic E-state index is 13.9. The number of esters is 1. The highest BCUT2D eigenvalue weighted by Crippen LogP contribution is 2.36. The summed E-state index contributed by atoms with van der Waals surface area (Å²) >= 11 is 14.0. The Kier molecular flexibility index (Phi) is 8.87. The molecule has 0 bridgehead atoms. The first kappa shape index (κ1) is 26.7. The number of anilines is 1. The van der Waals surface area contributed by atoms with Crippen LogP contribution in [0.3, 0.4) is 0 Å². The number of hydrogen-bond acceptors (Lipinski definition) is 7. The topological polar surface area (TPSA) is 69.7 Å². The van der Waals surface area contributed by atoms with E-state index < -0.39 is 12.1 Å². The second kappa shape index (κ2) is 12.3. The minimum absolute atomic E-state index is 0.217. The molecule has 2 aromatic carbocycles. The molecule has 1 N–H and O–H groups in total. The number of carbonyl (C=O) groups is 1. The highest BCUT2D eigenvalue weighted by molar-refractivity contribution is 7.13. The van der Waals surface area contributed by atoms with Gasteiger partial charge < -0.3 is 19.5 Å². The largest absolute Gasteiger partial charge is 0.493 e. The summed E-state index contributed by atoms with van der Waals surface area (Å²) in [5.74, 6) is 0.181. The molecule has 0 fully saturated rings. The molecule has 0 aliphatic rings. The van der Waals surface area contributed by atoms with Crippen molar-refractivity contribution in [2.75, 3.05) is 19.5 Å². The Labute approximate surface area is 227 Å². The lowest BCUT2D eigenvalue weighted by molar-refractivity contribution is 0.0303. The number of pyridine rings is 1. The third-order valence-electron chi connectivity index (χ3n) is 5.56. The molecule has 0 saturated heterocycles. The van der Waals surface area contributed by atoms with E-state index in [4.69, 9.17) is 37.4 Å². The summed E-state index contributed by atoms with van der Waals surface area (Å²) in [6, 6.07) is 15.2. The van der Waals surface area contributed by atoms with Crippen molar-refractivity contribution in [1.82, 2.24) is 4.98 Å². The number of rotatable bonds is 10. The number of hydrogen-bond donors (Lipinski definition) is 1. The Bertz CT molecular complexity index is 1380. The van der Waals surface area contributed by atoms with Crippen molar-refractivity contribution in [3.63, 3.8) is 0 Å². The molecule has 0 spiro atoms. The summed E-state index contributed by atoms with van der Waals surface area (Å²) in [5, 5.41) is 3.77. The van der Waals surface area contributed by atoms with Crippen LogP contribution < -0.4 is 14.8 Å². The molecular weight excluding hydrogens is 538 g/mol. The van der Waals surface area contributed by atoms with Gasteiger partial charge >= 0.3 is 5.97 Å². The van der Waals surface area contributed by atoms with Gasteiger partial charge in [0.05, 0.1) is 30.0 Å². The number of nitrogens with one attached hydrogen (secondary N) is 1. The molecule has 2 heterocycles. The Hall–Kier alpha value is -3.33. The number of ether oxygens (including phenoxy) is 3. The molecule has 0 radical (unpaired) electrons. The van der Waals surface area contributed by atoms with Crippen molar-refractivity contribution in [1.29, 1.82) is 0 Å². The molecule has 4 rings (SSSR count). The van der Waals surface area contributed by atoms with Crippen molar-refractivity contribution < 1.29 is 23.4 Å². The SMILES string of the molecule is COc1ccc([C@H](Cc2c(Cl)cncc2Cl)OC(=O)c2ccc(CNc3ccccc3F)s2)cc1OC. The molecule has 2 aromatic heterocycles. The van der Waals surface area contributed by atoms with E-state index in [1.165, 1.54) is 36.9 Å². The predicted octanol–water partition coefficient (Wildman–Crippen LogP) is 7.36. The van der Waals surface area contributed by atoms with E-state index in [0.717, 1.165) is 4.88 Å². The third-order valence-corrected chi connectivity index (χ3v) is 7.28. The van der Waals surface area contributed by atoms with Crippen LogP contribution >= 0.6 is 34.5 Å². The Morgan fingerprint density at radius 2 is 1.76 bits per heavy atom. The summed E-state index contributed by atoms with van der Waals surface area (Å²) in [6.45, 7) is 0.361. The lowest BCUT2D eigenvalue weighted by atomic mass is 10.0. The summed E-state index contributed by atoms with van der Waals surface area (Å²) in [7, 11) is 3.07. The highest BCUT2D eigenvalue weighted by atomic mass is 35.5. The van der Waals surface area contributed by atoms with Crippen LogP contribution in [0, 0.1) is 5.82 Å². The quantitative estimate of drug-likeness (QED) is 0.204. The van der Waals surface area contributed by atoms with E-state index >= 15 is 0 Å². The molecule has 6 nitrogen and oxygen atoms in total. The Balaban J connectivity index is 1.56. The molecule has 0 unspecified atom stereocenters. The van der Waals surface area contributed by atoms with Crippen LogP contribution in [0.2, 0.25) is 10.0 Å². The first-order valence-corrected chi connectivity index (χ1v) is 12.7. The number of methoxy groups -OCH3 is 2. The second-order valence-corrected chi connectivity index (χ2v) is 9.88. The lowest BCUT2D eigenvalue weighted by Crippen LogP contribution is -2.14. The van der Waals surface area contributed by atoms with Gasteiger partial charge in [-0.05, 0) is 47.5 Å². The van der Waals surface area contributed by atoms with Gasteiger partial charge in [-0.1, -0.05) is 41.4 Å². The second-order valence-electron chi connectivity index (χ2n) is 7.89. The van der Waals surface area contributed by atoms with Crippen molar-refractivity contribution in [2.45, 2.75) is 19.1 Å². The number of benzene rings is 2. The highest BCUT2D eigenvalue weighted by Gasteiger charge is 2.24. The molecule has 0 amide bonds. The van der Waals surface area contributed by atoms with Gasteiger partial charge in [-0.2, -0.15) is 0 Å². The molecule has 37 heavy (non-hydrogen) atoms. The summed E-state index contributed by atoms with van der Waals surface area (Å²) in [6.07, 6.45) is 2.47. The number of aromatic nitrogens is 1. The number of para-hydroxylation sites is 1. The Morgan fingerprint density at radius 1 is 1.03 bits per heavy atom. The maximum Gasteiger partial charge on any atom is 0.348 e. The van der Waals surface area contributed by atoms with Crippen molar-refractivity contribution in [3.05, 3.63) is 104 Å². The van der Waals surface area contributed by atoms with Gasteiger partial charge in [-0.15, -0.1) is 11.3 Å². The third kappa shape index (κ3) is 6.52. The van der Waals surface area contributed by atoms with Gasteiger partial charge in [-0.3, -0.25) is 4.98 Å². The van der Waals surface area contributed by atoms with E-state index in [9.17, 15) is 9.18 Å². The maximum absolute atomic E-state index is 13.9. The zero-order valence-electron chi connectivity index (χ0n) is 20.0.